The van der Waals surface area contributed by atoms with Gasteiger partial charge in [-0.1, -0.05) is 36.4 Å². The number of nitrogens with zero attached hydrogens (tertiary/aromatic N) is 1. The molecule has 0 radical (unpaired) electrons. The Morgan fingerprint density at radius 2 is 1.65 bits per heavy atom. The molecule has 4 heterocycles. The van der Waals surface area contributed by atoms with Crippen LogP contribution in [-0.2, 0) is 21.2 Å². The van der Waals surface area contributed by atoms with Crippen LogP contribution < -0.4 is 16.0 Å². The normalized spacial score (nSPS) is 31.3. The smallest absolute Gasteiger partial charge is 0.335 e. The second-order valence-corrected chi connectivity index (χ2v) is 14.4. The van der Waals surface area contributed by atoms with E-state index in [0.717, 1.165) is 44.6 Å². The highest BCUT2D eigenvalue weighted by molar-refractivity contribution is 7.91. The molecule has 40 heavy (non-hydrogen) atoms. The number of hydrogen-bond acceptors (Lipinski definition) is 7. The van der Waals surface area contributed by atoms with E-state index in [0.29, 0.717) is 24.7 Å². The molecule has 4 aliphatic heterocycles. The molecule has 10 heteroatoms. The lowest BCUT2D eigenvalue weighted by Gasteiger charge is -2.45. The quantitative estimate of drug-likeness (QED) is 0.419. The van der Waals surface area contributed by atoms with Gasteiger partial charge in [0.25, 0.3) is 0 Å². The van der Waals surface area contributed by atoms with Gasteiger partial charge in [0.2, 0.25) is 5.91 Å². The van der Waals surface area contributed by atoms with Crippen molar-refractivity contribution in [3.8, 4) is 0 Å². The van der Waals surface area contributed by atoms with Gasteiger partial charge >= 0.3 is 5.97 Å². The van der Waals surface area contributed by atoms with Crippen LogP contribution in [0.4, 0.5) is 0 Å². The molecule has 6 atom stereocenters. The third kappa shape index (κ3) is 5.54. The number of rotatable bonds is 6. The molecule has 0 aliphatic carbocycles. The van der Waals surface area contributed by atoms with Crippen molar-refractivity contribution < 1.29 is 23.1 Å². The van der Waals surface area contributed by atoms with E-state index < -0.39 is 15.8 Å². The zero-order valence-corrected chi connectivity index (χ0v) is 23.6. The third-order valence-corrected chi connectivity index (χ3v) is 11.3. The minimum absolute atomic E-state index is 0.0169. The highest BCUT2D eigenvalue weighted by atomic mass is 32.2. The van der Waals surface area contributed by atoms with Crippen molar-refractivity contribution in [3.63, 3.8) is 0 Å². The fourth-order valence-corrected chi connectivity index (χ4v) is 8.37. The molecule has 0 spiro atoms. The summed E-state index contributed by atoms with van der Waals surface area (Å²) < 4.78 is 23.7. The van der Waals surface area contributed by atoms with Gasteiger partial charge in [0.1, 0.15) is 9.84 Å². The van der Waals surface area contributed by atoms with Crippen LogP contribution in [0.3, 0.4) is 0 Å². The number of carbonyl (C=O) groups is 2. The number of hydrogen-bond donors (Lipinski definition) is 4. The Morgan fingerprint density at radius 1 is 0.975 bits per heavy atom. The Hall–Kier alpha value is -2.79. The predicted octanol–water partition coefficient (Wildman–Crippen LogP) is 2.26. The Balaban J connectivity index is 1.09. The number of carbonyl (C=O) groups excluding carboxylic acids is 1. The number of likely N-dealkylation sites (tertiary alicyclic amines) is 1. The van der Waals surface area contributed by atoms with E-state index in [1.165, 1.54) is 17.4 Å². The molecular formula is C30H38N4O5S. The molecule has 4 aliphatic rings. The molecule has 6 rings (SSSR count). The van der Waals surface area contributed by atoms with Gasteiger partial charge in [-0.05, 0) is 79.4 Å². The van der Waals surface area contributed by atoms with Crippen LogP contribution in [0.1, 0.15) is 64.7 Å². The number of nitrogens with one attached hydrogen (secondary N) is 3. The lowest BCUT2D eigenvalue weighted by Crippen LogP contribution is -2.63. The van der Waals surface area contributed by atoms with Crippen molar-refractivity contribution in [2.24, 2.45) is 11.8 Å². The second kappa shape index (κ2) is 10.9. The first kappa shape index (κ1) is 27.4. The fourth-order valence-electron chi connectivity index (χ4n) is 7.30. The molecule has 214 valence electrons. The lowest BCUT2D eigenvalue weighted by molar-refractivity contribution is -0.127. The number of amides is 1. The average Bonchev–Trinajstić information content (AvgIpc) is 3.38. The van der Waals surface area contributed by atoms with Gasteiger partial charge in [-0.25, -0.2) is 13.2 Å². The summed E-state index contributed by atoms with van der Waals surface area (Å²) in [6.07, 6.45) is 4.68. The molecule has 2 aromatic rings. The maximum absolute atomic E-state index is 13.0. The predicted molar refractivity (Wildman–Crippen MR) is 152 cm³/mol. The van der Waals surface area contributed by atoms with Crippen molar-refractivity contribution in [3.05, 3.63) is 70.8 Å². The number of carboxylic acid groups (broad SMARTS) is 1. The summed E-state index contributed by atoms with van der Waals surface area (Å²) in [6.45, 7) is 3.18. The molecule has 1 amide bonds. The van der Waals surface area contributed by atoms with Crippen molar-refractivity contribution >= 4 is 21.7 Å². The maximum atomic E-state index is 13.0. The van der Waals surface area contributed by atoms with E-state index in [4.69, 9.17) is 0 Å². The van der Waals surface area contributed by atoms with Gasteiger partial charge in [0, 0.05) is 31.4 Å². The molecule has 4 fully saturated rings. The van der Waals surface area contributed by atoms with E-state index in [2.05, 4.69) is 45.1 Å². The second-order valence-electron chi connectivity index (χ2n) is 12.0. The van der Waals surface area contributed by atoms with E-state index >= 15 is 0 Å². The Morgan fingerprint density at radius 3 is 2.30 bits per heavy atom. The zero-order chi connectivity index (χ0) is 28.0. The Kier molecular flexibility index (Phi) is 7.45. The molecule has 2 aromatic carbocycles. The molecule has 0 saturated carbocycles. The minimum atomic E-state index is -2.96. The minimum Gasteiger partial charge on any atom is -0.478 e. The van der Waals surface area contributed by atoms with Crippen molar-refractivity contribution in [1.29, 1.82) is 0 Å². The average molecular weight is 567 g/mol. The van der Waals surface area contributed by atoms with Crippen LogP contribution in [0.15, 0.2) is 48.5 Å². The fraction of sp³-hybridized carbons (Fsp3) is 0.533. The summed E-state index contributed by atoms with van der Waals surface area (Å²) in [5, 5.41) is 19.7. The number of aromatic carboxylic acids is 1. The monoisotopic (exact) mass is 566 g/mol. The Labute approximate surface area is 235 Å². The summed E-state index contributed by atoms with van der Waals surface area (Å²) in [5.74, 6) is -0.515. The van der Waals surface area contributed by atoms with Gasteiger partial charge in [-0.15, -0.1) is 0 Å². The topological polar surface area (TPSA) is 128 Å². The number of piperidine rings is 3. The van der Waals surface area contributed by atoms with Gasteiger partial charge in [0.05, 0.1) is 22.9 Å². The van der Waals surface area contributed by atoms with Gasteiger partial charge < -0.3 is 10.4 Å². The number of sulfone groups is 1. The summed E-state index contributed by atoms with van der Waals surface area (Å²) in [7, 11) is -2.96. The van der Waals surface area contributed by atoms with E-state index in [1.54, 1.807) is 24.3 Å². The van der Waals surface area contributed by atoms with Gasteiger partial charge in [-0.3, -0.25) is 20.3 Å². The van der Waals surface area contributed by atoms with Gasteiger partial charge in [-0.2, -0.15) is 0 Å². The molecule has 9 nitrogen and oxygen atoms in total. The first-order valence-corrected chi connectivity index (χ1v) is 16.2. The van der Waals surface area contributed by atoms with Crippen molar-refractivity contribution in [2.75, 3.05) is 25.9 Å². The van der Waals surface area contributed by atoms with E-state index in [1.807, 2.05) is 0 Å². The highest BCUT2D eigenvalue weighted by Gasteiger charge is 2.49. The van der Waals surface area contributed by atoms with Crippen molar-refractivity contribution in [2.45, 2.75) is 61.6 Å². The Bertz CT molecular complexity index is 1360. The van der Waals surface area contributed by atoms with Crippen LogP contribution in [-0.4, -0.2) is 73.6 Å². The largest absolute Gasteiger partial charge is 0.478 e. The highest BCUT2D eigenvalue weighted by Crippen LogP contribution is 2.44. The SMILES string of the molecule is CS(=O)(=O)C1CCN(Cc2ccc(C3CC4C(NCC5NC(=O)C(c6ccc(C(=O)O)cc6)CC54)N3)cc2)CC1. The molecule has 0 bridgehead atoms. The maximum Gasteiger partial charge on any atom is 0.335 e. The molecular weight excluding hydrogens is 528 g/mol. The molecule has 6 unspecified atom stereocenters. The zero-order valence-electron chi connectivity index (χ0n) is 22.8. The number of benzene rings is 2. The standard InChI is InChI=1S/C30H38N4O5S/c1-40(38,39)22-10-12-34(13-11-22)17-18-2-4-20(5-3-18)26-15-25-24-14-23(19-6-8-21(9-7-19)30(36)37)29(35)33-27(24)16-31-28(25)32-26/h2-9,22-28,31-32H,10-17H2,1H3,(H,33,35)(H,36,37). The van der Waals surface area contributed by atoms with Crippen molar-refractivity contribution in [1.82, 2.24) is 20.9 Å². The van der Waals surface area contributed by atoms with Crippen LogP contribution >= 0.6 is 0 Å². The summed E-state index contributed by atoms with van der Waals surface area (Å²) in [6, 6.07) is 15.8. The third-order valence-electron chi connectivity index (χ3n) is 9.58. The van der Waals surface area contributed by atoms with Crippen LogP contribution in [0.25, 0.3) is 0 Å². The summed E-state index contributed by atoms with van der Waals surface area (Å²) in [4.78, 5) is 26.6. The summed E-state index contributed by atoms with van der Waals surface area (Å²) >= 11 is 0. The van der Waals surface area contributed by atoms with Crippen LogP contribution in [0.5, 0.6) is 0 Å². The number of carboxylic acids is 1. The molecule has 4 saturated heterocycles. The van der Waals surface area contributed by atoms with Crippen LogP contribution in [0.2, 0.25) is 0 Å². The first-order chi connectivity index (χ1) is 19.2. The molecule has 4 N–H and O–H groups in total. The summed E-state index contributed by atoms with van der Waals surface area (Å²) in [5.41, 5.74) is 3.59. The van der Waals surface area contributed by atoms with E-state index in [-0.39, 0.29) is 40.9 Å². The van der Waals surface area contributed by atoms with E-state index in [9.17, 15) is 23.1 Å². The molecule has 0 aromatic heterocycles. The first-order valence-electron chi connectivity index (χ1n) is 14.3. The number of fused-ring (bicyclic) bond motifs is 3. The van der Waals surface area contributed by atoms with Crippen LogP contribution in [0, 0.1) is 11.8 Å². The lowest BCUT2D eigenvalue weighted by atomic mass is 9.71. The van der Waals surface area contributed by atoms with Gasteiger partial charge in [0.15, 0.2) is 0 Å².